The van der Waals surface area contributed by atoms with Crippen molar-refractivity contribution < 1.29 is 17.4 Å². The van der Waals surface area contributed by atoms with Crippen LogP contribution in [0.15, 0.2) is 30.3 Å². The molecule has 2 unspecified atom stereocenters. The minimum Gasteiger partial charge on any atom is -0.299 e. The van der Waals surface area contributed by atoms with Crippen LogP contribution >= 0.6 is 0 Å². The van der Waals surface area contributed by atoms with Crippen molar-refractivity contribution in [2.24, 2.45) is 16.7 Å². The number of Topliss-reactive ketones (excluding diaryl/α,β-unsaturated/α-hetero) is 1. The molecule has 2 bridgehead atoms. The summed E-state index contributed by atoms with van der Waals surface area (Å²) < 4.78 is 30.1. The summed E-state index contributed by atoms with van der Waals surface area (Å²) in [5.74, 6) is 0.270. The Morgan fingerprint density at radius 3 is 2.50 bits per heavy atom. The van der Waals surface area contributed by atoms with E-state index in [1.54, 1.807) is 0 Å². The summed E-state index contributed by atoms with van der Waals surface area (Å²) in [7, 11) is -3.69. The van der Waals surface area contributed by atoms with Crippen molar-refractivity contribution in [2.75, 3.05) is 12.4 Å². The van der Waals surface area contributed by atoms with Crippen LogP contribution in [-0.4, -0.2) is 26.6 Å². The van der Waals surface area contributed by atoms with Crippen LogP contribution in [0.4, 0.5) is 0 Å². The zero-order valence-electron chi connectivity index (χ0n) is 14.5. The lowest BCUT2D eigenvalue weighted by atomic mass is 9.70. The second-order valence-electron chi connectivity index (χ2n) is 7.78. The molecule has 2 aliphatic rings. The van der Waals surface area contributed by atoms with Gasteiger partial charge < -0.3 is 0 Å². The Labute approximate surface area is 144 Å². The molecule has 0 N–H and O–H groups in total. The van der Waals surface area contributed by atoms with Gasteiger partial charge >= 0.3 is 0 Å². The second kappa shape index (κ2) is 6.26. The van der Waals surface area contributed by atoms with Crippen molar-refractivity contribution >= 4 is 15.9 Å². The van der Waals surface area contributed by atoms with E-state index in [-0.39, 0.29) is 23.6 Å². The molecule has 132 valence electrons. The normalized spacial score (nSPS) is 28.4. The van der Waals surface area contributed by atoms with Crippen molar-refractivity contribution in [2.45, 2.75) is 46.0 Å². The smallest absolute Gasteiger partial charge is 0.268 e. The molecule has 24 heavy (non-hydrogen) atoms. The third-order valence-electron chi connectivity index (χ3n) is 6.28. The first-order valence-corrected chi connectivity index (χ1v) is 10.3. The Kier molecular flexibility index (Phi) is 4.60. The van der Waals surface area contributed by atoms with Crippen LogP contribution in [0, 0.1) is 16.7 Å². The maximum Gasteiger partial charge on any atom is 0.268 e. The van der Waals surface area contributed by atoms with Gasteiger partial charge in [0.05, 0.1) is 17.8 Å². The van der Waals surface area contributed by atoms with Crippen molar-refractivity contribution in [3.05, 3.63) is 35.9 Å². The number of ketones is 1. The molecule has 1 aromatic carbocycles. The third-order valence-corrected chi connectivity index (χ3v) is 7.65. The summed E-state index contributed by atoms with van der Waals surface area (Å²) >= 11 is 0. The van der Waals surface area contributed by atoms with E-state index in [4.69, 9.17) is 4.18 Å². The van der Waals surface area contributed by atoms with Crippen molar-refractivity contribution in [3.63, 3.8) is 0 Å². The number of carbonyl (C=O) groups excluding carboxylic acids is 1. The van der Waals surface area contributed by atoms with E-state index in [0.29, 0.717) is 25.2 Å². The zero-order valence-corrected chi connectivity index (χ0v) is 15.3. The molecule has 5 heteroatoms. The van der Waals surface area contributed by atoms with Gasteiger partial charge in [0.2, 0.25) is 0 Å². The summed E-state index contributed by atoms with van der Waals surface area (Å²) in [6.07, 6.45) is 3.58. The van der Waals surface area contributed by atoms with Crippen LogP contribution in [0.1, 0.15) is 45.1 Å². The predicted octanol–water partition coefficient (Wildman–Crippen LogP) is 3.36. The second-order valence-corrected chi connectivity index (χ2v) is 9.42. The van der Waals surface area contributed by atoms with Crippen LogP contribution in [0.2, 0.25) is 0 Å². The Balaban J connectivity index is 1.57. The predicted molar refractivity (Wildman–Crippen MR) is 93.1 cm³/mol. The van der Waals surface area contributed by atoms with Gasteiger partial charge in [0, 0.05) is 6.42 Å². The topological polar surface area (TPSA) is 60.4 Å². The molecule has 2 atom stereocenters. The minimum absolute atomic E-state index is 0.111. The average Bonchev–Trinajstić information content (AvgIpc) is 2.86. The SMILES string of the molecule is CC1(C)C2CCC1(CS(=O)(=O)OCCCc1ccccc1)C(=O)C2. The van der Waals surface area contributed by atoms with E-state index in [2.05, 4.69) is 0 Å². The monoisotopic (exact) mass is 350 g/mol. The van der Waals surface area contributed by atoms with Crippen molar-refractivity contribution in [3.8, 4) is 0 Å². The van der Waals surface area contributed by atoms with Gasteiger partial charge in [0.15, 0.2) is 0 Å². The maximum atomic E-state index is 12.4. The maximum absolute atomic E-state index is 12.4. The van der Waals surface area contributed by atoms with E-state index < -0.39 is 15.5 Å². The highest BCUT2D eigenvalue weighted by Gasteiger charge is 2.65. The number of rotatable bonds is 7. The van der Waals surface area contributed by atoms with Crippen LogP contribution in [0.25, 0.3) is 0 Å². The number of fused-ring (bicyclic) bond motifs is 2. The molecule has 2 fully saturated rings. The highest BCUT2D eigenvalue weighted by molar-refractivity contribution is 7.86. The fraction of sp³-hybridized carbons (Fsp3) is 0.632. The van der Waals surface area contributed by atoms with Crippen LogP contribution in [0.5, 0.6) is 0 Å². The quantitative estimate of drug-likeness (QED) is 0.559. The van der Waals surface area contributed by atoms with Gasteiger partial charge in [-0.15, -0.1) is 0 Å². The van der Waals surface area contributed by atoms with E-state index >= 15 is 0 Å². The van der Waals surface area contributed by atoms with Gasteiger partial charge in [0.1, 0.15) is 5.78 Å². The largest absolute Gasteiger partial charge is 0.299 e. The van der Waals surface area contributed by atoms with Gasteiger partial charge in [0.25, 0.3) is 10.1 Å². The van der Waals surface area contributed by atoms with Crippen LogP contribution in [-0.2, 0) is 25.5 Å². The van der Waals surface area contributed by atoms with Gasteiger partial charge in [-0.05, 0) is 42.6 Å². The first-order chi connectivity index (χ1) is 11.3. The summed E-state index contributed by atoms with van der Waals surface area (Å²) in [4.78, 5) is 12.4. The fourth-order valence-electron chi connectivity index (χ4n) is 4.56. The molecule has 2 saturated carbocycles. The number of benzene rings is 1. The molecule has 0 spiro atoms. The number of hydrogen-bond acceptors (Lipinski definition) is 4. The van der Waals surface area contributed by atoms with Crippen LogP contribution in [0.3, 0.4) is 0 Å². The molecule has 0 aromatic heterocycles. The summed E-state index contributed by atoms with van der Waals surface area (Å²) in [5.41, 5.74) is 0.184. The van der Waals surface area contributed by atoms with E-state index in [9.17, 15) is 13.2 Å². The minimum atomic E-state index is -3.69. The highest BCUT2D eigenvalue weighted by Crippen LogP contribution is 2.64. The molecular weight excluding hydrogens is 324 g/mol. The van der Waals surface area contributed by atoms with Gasteiger partial charge in [-0.25, -0.2) is 0 Å². The lowest BCUT2D eigenvalue weighted by Crippen LogP contribution is -2.42. The molecule has 0 saturated heterocycles. The molecule has 1 aromatic rings. The first kappa shape index (κ1) is 17.6. The highest BCUT2D eigenvalue weighted by atomic mass is 32.2. The number of carbonyl (C=O) groups is 1. The Bertz CT molecular complexity index is 708. The van der Waals surface area contributed by atoms with Crippen molar-refractivity contribution in [1.29, 1.82) is 0 Å². The number of aryl methyl sites for hydroxylation is 1. The lowest BCUT2D eigenvalue weighted by Gasteiger charge is -2.35. The Morgan fingerprint density at radius 1 is 1.21 bits per heavy atom. The number of hydrogen-bond donors (Lipinski definition) is 0. The van der Waals surface area contributed by atoms with E-state index in [0.717, 1.165) is 12.8 Å². The molecule has 2 aliphatic carbocycles. The summed E-state index contributed by atoms with van der Waals surface area (Å²) in [6.45, 7) is 4.26. The van der Waals surface area contributed by atoms with E-state index in [1.165, 1.54) is 5.56 Å². The zero-order chi connectivity index (χ0) is 17.4. The standard InChI is InChI=1S/C19H26O4S/c1-18(2)16-10-11-19(18,17(20)13-16)14-24(21,22)23-12-6-9-15-7-4-3-5-8-15/h3-5,7-8,16H,6,9-14H2,1-2H3. The fourth-order valence-corrected chi connectivity index (χ4v) is 6.29. The molecular formula is C19H26O4S. The molecule has 0 aliphatic heterocycles. The average molecular weight is 350 g/mol. The Morgan fingerprint density at radius 2 is 1.92 bits per heavy atom. The molecule has 4 nitrogen and oxygen atoms in total. The molecule has 0 heterocycles. The Hall–Kier alpha value is -1.20. The first-order valence-electron chi connectivity index (χ1n) is 8.71. The molecule has 3 rings (SSSR count). The lowest BCUT2D eigenvalue weighted by molar-refractivity contribution is -0.128. The molecule has 0 amide bonds. The summed E-state index contributed by atoms with van der Waals surface area (Å²) in [5, 5.41) is 0. The van der Waals surface area contributed by atoms with E-state index in [1.807, 2.05) is 44.2 Å². The molecule has 0 radical (unpaired) electrons. The third kappa shape index (κ3) is 3.04. The van der Waals surface area contributed by atoms with Gasteiger partial charge in [-0.2, -0.15) is 8.42 Å². The summed E-state index contributed by atoms with van der Waals surface area (Å²) in [6, 6.07) is 9.93. The van der Waals surface area contributed by atoms with Gasteiger partial charge in [-0.1, -0.05) is 44.2 Å². The van der Waals surface area contributed by atoms with Crippen LogP contribution < -0.4 is 0 Å². The van der Waals surface area contributed by atoms with Gasteiger partial charge in [-0.3, -0.25) is 8.98 Å². The van der Waals surface area contributed by atoms with Crippen molar-refractivity contribution in [1.82, 2.24) is 0 Å².